The first-order valence-electron chi connectivity index (χ1n) is 9.81. The van der Waals surface area contributed by atoms with Crippen LogP contribution in [0.25, 0.3) is 22.4 Å². The Balaban J connectivity index is 1.31. The van der Waals surface area contributed by atoms with Crippen LogP contribution < -0.4 is 10.1 Å². The monoisotopic (exact) mass is 438 g/mol. The second kappa shape index (κ2) is 9.82. The van der Waals surface area contributed by atoms with E-state index in [4.69, 9.17) is 9.15 Å². The Morgan fingerprint density at radius 3 is 2.90 bits per heavy atom. The van der Waals surface area contributed by atoms with Gasteiger partial charge >= 0.3 is 0 Å². The highest BCUT2D eigenvalue weighted by molar-refractivity contribution is 7.99. The maximum atomic E-state index is 12.2. The van der Waals surface area contributed by atoms with E-state index < -0.39 is 0 Å². The van der Waals surface area contributed by atoms with Crippen LogP contribution in [-0.2, 0) is 4.79 Å². The lowest BCUT2D eigenvalue weighted by Crippen LogP contribution is -2.11. The molecule has 4 aromatic rings. The summed E-state index contributed by atoms with van der Waals surface area (Å²) in [7, 11) is 0. The van der Waals surface area contributed by atoms with Crippen molar-refractivity contribution in [3.8, 4) is 17.2 Å². The van der Waals surface area contributed by atoms with E-state index in [1.165, 1.54) is 16.2 Å². The summed E-state index contributed by atoms with van der Waals surface area (Å²) in [5, 5.41) is 6.33. The molecule has 0 atom stereocenters. The largest absolute Gasteiger partial charge is 0.494 e. The fourth-order valence-electron chi connectivity index (χ4n) is 2.97. The molecule has 2 aromatic heterocycles. The smallest absolute Gasteiger partial charge is 0.226 e. The van der Waals surface area contributed by atoms with Crippen molar-refractivity contribution in [3.05, 3.63) is 60.0 Å². The number of furan rings is 1. The van der Waals surface area contributed by atoms with Crippen LogP contribution >= 0.6 is 23.1 Å². The molecule has 1 amide bonds. The number of thiazole rings is 1. The number of aromatic nitrogens is 1. The number of hydrogen-bond donors (Lipinski definition) is 1. The minimum absolute atomic E-state index is 0.0180. The van der Waals surface area contributed by atoms with Crippen molar-refractivity contribution in [1.82, 2.24) is 4.98 Å². The van der Waals surface area contributed by atoms with E-state index in [1.807, 2.05) is 54.8 Å². The van der Waals surface area contributed by atoms with Crippen molar-refractivity contribution in [2.45, 2.75) is 24.7 Å². The Morgan fingerprint density at radius 1 is 1.20 bits per heavy atom. The van der Waals surface area contributed by atoms with Gasteiger partial charge in [0.15, 0.2) is 10.9 Å². The van der Waals surface area contributed by atoms with E-state index in [0.717, 1.165) is 28.9 Å². The predicted octanol–water partition coefficient (Wildman–Crippen LogP) is 6.47. The molecule has 0 saturated heterocycles. The second-order valence-electron chi connectivity index (χ2n) is 6.59. The fourth-order valence-corrected chi connectivity index (χ4v) is 4.56. The van der Waals surface area contributed by atoms with E-state index in [1.54, 1.807) is 11.8 Å². The molecule has 0 bridgehead atoms. The molecule has 4 rings (SSSR count). The first-order valence-corrected chi connectivity index (χ1v) is 11.7. The lowest BCUT2D eigenvalue weighted by Gasteiger charge is -2.02. The number of thioether (sulfide) groups is 1. The minimum atomic E-state index is -0.0180. The highest BCUT2D eigenvalue weighted by atomic mass is 32.2. The third-order valence-corrected chi connectivity index (χ3v) is 6.22. The molecular weight excluding hydrogens is 416 g/mol. The number of hydrogen-bond acceptors (Lipinski definition) is 6. The highest BCUT2D eigenvalue weighted by Crippen LogP contribution is 2.32. The number of amides is 1. The van der Waals surface area contributed by atoms with Gasteiger partial charge in [-0.15, -0.1) is 23.1 Å². The molecule has 30 heavy (non-hydrogen) atoms. The molecule has 0 aliphatic carbocycles. The van der Waals surface area contributed by atoms with Gasteiger partial charge in [0.05, 0.1) is 6.61 Å². The summed E-state index contributed by atoms with van der Waals surface area (Å²) in [6, 6.07) is 17.9. The highest BCUT2D eigenvalue weighted by Gasteiger charge is 2.12. The van der Waals surface area contributed by atoms with E-state index in [-0.39, 0.29) is 5.91 Å². The van der Waals surface area contributed by atoms with Gasteiger partial charge in [0.2, 0.25) is 5.91 Å². The summed E-state index contributed by atoms with van der Waals surface area (Å²) < 4.78 is 11.4. The molecule has 0 saturated carbocycles. The number of fused-ring (bicyclic) bond motifs is 1. The maximum Gasteiger partial charge on any atom is 0.226 e. The van der Waals surface area contributed by atoms with Crippen molar-refractivity contribution >= 4 is 45.1 Å². The van der Waals surface area contributed by atoms with E-state index in [9.17, 15) is 4.79 Å². The molecule has 2 aromatic carbocycles. The van der Waals surface area contributed by atoms with Crippen LogP contribution in [0.4, 0.5) is 5.13 Å². The van der Waals surface area contributed by atoms with Crippen LogP contribution in [0.3, 0.4) is 0 Å². The normalized spacial score (nSPS) is 11.0. The van der Waals surface area contributed by atoms with Gasteiger partial charge in [-0.2, -0.15) is 0 Å². The van der Waals surface area contributed by atoms with Crippen LogP contribution in [0.15, 0.2) is 69.3 Å². The van der Waals surface area contributed by atoms with Crippen molar-refractivity contribution in [1.29, 1.82) is 0 Å². The predicted molar refractivity (Wildman–Crippen MR) is 124 cm³/mol. The summed E-state index contributed by atoms with van der Waals surface area (Å²) in [6.07, 6.45) is 1.29. The molecule has 5 nitrogen and oxygen atoms in total. The van der Waals surface area contributed by atoms with Gasteiger partial charge in [0.1, 0.15) is 17.0 Å². The zero-order valence-corrected chi connectivity index (χ0v) is 18.2. The van der Waals surface area contributed by atoms with E-state index >= 15 is 0 Å². The number of nitrogens with zero attached hydrogens (tertiary/aromatic N) is 1. The Bertz CT molecular complexity index is 1120. The molecule has 1 N–H and O–H groups in total. The number of nitrogens with one attached hydrogen (secondary N) is 1. The van der Waals surface area contributed by atoms with Crippen molar-refractivity contribution in [3.63, 3.8) is 0 Å². The van der Waals surface area contributed by atoms with Crippen molar-refractivity contribution in [2.24, 2.45) is 0 Å². The van der Waals surface area contributed by atoms with Gasteiger partial charge in [-0.25, -0.2) is 4.98 Å². The third kappa shape index (κ3) is 5.23. The second-order valence-corrected chi connectivity index (χ2v) is 8.62. The molecule has 154 valence electrons. The van der Waals surface area contributed by atoms with Gasteiger partial charge in [-0.3, -0.25) is 4.79 Å². The summed E-state index contributed by atoms with van der Waals surface area (Å²) >= 11 is 3.16. The molecule has 0 aliphatic rings. The summed E-state index contributed by atoms with van der Waals surface area (Å²) in [5.41, 5.74) is 1.49. The van der Waals surface area contributed by atoms with Crippen molar-refractivity contribution in [2.75, 3.05) is 17.7 Å². The number of rotatable bonds is 9. The molecule has 2 heterocycles. The fraction of sp³-hybridized carbons (Fsp3) is 0.217. The van der Waals surface area contributed by atoms with Gasteiger partial charge in [-0.05, 0) is 55.5 Å². The quantitative estimate of drug-likeness (QED) is 0.240. The summed E-state index contributed by atoms with van der Waals surface area (Å²) in [5.74, 6) is 2.38. The molecule has 0 aliphatic heterocycles. The lowest BCUT2D eigenvalue weighted by atomic mass is 10.2. The van der Waals surface area contributed by atoms with Crippen LogP contribution in [0.1, 0.15) is 19.8 Å². The number of carbonyl (C=O) groups is 1. The van der Waals surface area contributed by atoms with Gasteiger partial charge in [0.25, 0.3) is 0 Å². The molecular formula is C23H22N2O3S2. The minimum Gasteiger partial charge on any atom is -0.494 e. The van der Waals surface area contributed by atoms with Crippen LogP contribution in [0.2, 0.25) is 0 Å². The average Bonchev–Trinajstić information content (AvgIpc) is 3.39. The number of ether oxygens (including phenoxy) is 1. The SMILES string of the molecule is CCOc1ccc2oc(-c3csc(NC(=O)CCCSc4ccccc4)n3)cc2c1. The molecule has 0 spiro atoms. The maximum absolute atomic E-state index is 12.2. The van der Waals surface area contributed by atoms with Crippen LogP contribution in [-0.4, -0.2) is 23.3 Å². The van der Waals surface area contributed by atoms with Crippen molar-refractivity contribution < 1.29 is 13.9 Å². The Kier molecular flexibility index (Phi) is 6.71. The van der Waals surface area contributed by atoms with Crippen LogP contribution in [0.5, 0.6) is 5.75 Å². The van der Waals surface area contributed by atoms with Crippen LogP contribution in [0, 0.1) is 0 Å². The Labute approximate surface area is 183 Å². The summed E-state index contributed by atoms with van der Waals surface area (Å²) in [4.78, 5) is 17.9. The first kappa shape index (κ1) is 20.5. The third-order valence-electron chi connectivity index (χ3n) is 4.36. The lowest BCUT2D eigenvalue weighted by molar-refractivity contribution is -0.116. The number of anilines is 1. The molecule has 7 heteroatoms. The molecule has 0 unspecified atom stereocenters. The zero-order chi connectivity index (χ0) is 20.8. The number of carbonyl (C=O) groups excluding carboxylic acids is 1. The van der Waals surface area contributed by atoms with E-state index in [0.29, 0.717) is 29.6 Å². The number of benzene rings is 2. The Hall–Kier alpha value is -2.77. The first-order chi connectivity index (χ1) is 14.7. The van der Waals surface area contributed by atoms with Gasteiger partial charge in [-0.1, -0.05) is 18.2 Å². The van der Waals surface area contributed by atoms with Gasteiger partial charge in [0, 0.05) is 22.1 Å². The standard InChI is InChI=1S/C23H22N2O3S2/c1-2-27-17-10-11-20-16(13-17)14-21(28-20)19-15-30-23(24-19)25-22(26)9-6-12-29-18-7-4-3-5-8-18/h3-5,7-8,10-11,13-15H,2,6,9,12H2,1H3,(H,24,25,26). The Morgan fingerprint density at radius 2 is 2.07 bits per heavy atom. The van der Waals surface area contributed by atoms with Gasteiger partial charge < -0.3 is 14.5 Å². The topological polar surface area (TPSA) is 64.4 Å². The average molecular weight is 439 g/mol. The molecule has 0 radical (unpaired) electrons. The van der Waals surface area contributed by atoms with E-state index in [2.05, 4.69) is 22.4 Å². The molecule has 0 fully saturated rings. The zero-order valence-electron chi connectivity index (χ0n) is 16.6. The summed E-state index contributed by atoms with van der Waals surface area (Å²) in [6.45, 7) is 2.58.